The first-order chi connectivity index (χ1) is 9.75. The highest BCUT2D eigenvalue weighted by Crippen LogP contribution is 2.12. The minimum Gasteiger partial charge on any atom is -0.396 e. The minimum atomic E-state index is 0.699. The predicted octanol–water partition coefficient (Wildman–Crippen LogP) is 2.60. The van der Waals surface area contributed by atoms with E-state index in [0.717, 1.165) is 31.9 Å². The van der Waals surface area contributed by atoms with Gasteiger partial charge in [-0.3, -0.25) is 0 Å². The molecule has 0 spiro atoms. The Labute approximate surface area is 120 Å². The Morgan fingerprint density at radius 2 is 1.95 bits per heavy atom. The SMILES string of the molecule is CN(CCCNc1ncccc1N)Cc1ccccc1. The van der Waals surface area contributed by atoms with Crippen LogP contribution in [0.3, 0.4) is 0 Å². The Morgan fingerprint density at radius 3 is 2.70 bits per heavy atom. The van der Waals surface area contributed by atoms with Gasteiger partial charge in [-0.15, -0.1) is 0 Å². The van der Waals surface area contributed by atoms with E-state index in [1.54, 1.807) is 6.20 Å². The summed E-state index contributed by atoms with van der Waals surface area (Å²) in [6.07, 6.45) is 2.81. The monoisotopic (exact) mass is 270 g/mol. The summed E-state index contributed by atoms with van der Waals surface area (Å²) >= 11 is 0. The third kappa shape index (κ3) is 4.55. The summed E-state index contributed by atoms with van der Waals surface area (Å²) in [5.41, 5.74) is 7.87. The maximum Gasteiger partial charge on any atom is 0.149 e. The number of nitrogens with one attached hydrogen (secondary N) is 1. The van der Waals surface area contributed by atoms with Crippen LogP contribution in [-0.2, 0) is 6.54 Å². The number of rotatable bonds is 7. The molecule has 20 heavy (non-hydrogen) atoms. The maximum atomic E-state index is 5.83. The quantitative estimate of drug-likeness (QED) is 0.759. The number of nitrogens with two attached hydrogens (primary N) is 1. The Kier molecular flexibility index (Phi) is 5.38. The Hall–Kier alpha value is -2.07. The lowest BCUT2D eigenvalue weighted by molar-refractivity contribution is 0.325. The van der Waals surface area contributed by atoms with Crippen LogP contribution in [0.2, 0.25) is 0 Å². The molecule has 4 nitrogen and oxygen atoms in total. The summed E-state index contributed by atoms with van der Waals surface area (Å²) in [5, 5.41) is 3.27. The molecule has 0 saturated carbocycles. The number of hydrogen-bond acceptors (Lipinski definition) is 4. The van der Waals surface area contributed by atoms with Gasteiger partial charge in [-0.25, -0.2) is 4.98 Å². The number of hydrogen-bond donors (Lipinski definition) is 2. The van der Waals surface area contributed by atoms with Crippen molar-refractivity contribution in [2.45, 2.75) is 13.0 Å². The lowest BCUT2D eigenvalue weighted by Gasteiger charge is -2.17. The molecule has 0 aliphatic rings. The van der Waals surface area contributed by atoms with E-state index in [4.69, 9.17) is 5.73 Å². The van der Waals surface area contributed by atoms with Gasteiger partial charge in [0.1, 0.15) is 5.82 Å². The van der Waals surface area contributed by atoms with E-state index in [1.165, 1.54) is 5.56 Å². The van der Waals surface area contributed by atoms with Gasteiger partial charge in [0, 0.05) is 19.3 Å². The number of nitrogens with zero attached hydrogens (tertiary/aromatic N) is 2. The number of pyridine rings is 1. The second kappa shape index (κ2) is 7.50. The molecular weight excluding hydrogens is 248 g/mol. The lowest BCUT2D eigenvalue weighted by atomic mass is 10.2. The molecule has 0 aliphatic heterocycles. The molecule has 0 fully saturated rings. The van der Waals surface area contributed by atoms with Crippen LogP contribution < -0.4 is 11.1 Å². The van der Waals surface area contributed by atoms with Crippen molar-refractivity contribution < 1.29 is 0 Å². The summed E-state index contributed by atoms with van der Waals surface area (Å²) in [4.78, 5) is 6.53. The molecule has 0 radical (unpaired) electrons. The molecule has 0 aliphatic carbocycles. The van der Waals surface area contributed by atoms with Gasteiger partial charge < -0.3 is 16.0 Å². The van der Waals surface area contributed by atoms with Crippen molar-refractivity contribution >= 4 is 11.5 Å². The van der Waals surface area contributed by atoms with Gasteiger partial charge in [-0.2, -0.15) is 0 Å². The van der Waals surface area contributed by atoms with Crippen molar-refractivity contribution in [2.24, 2.45) is 0 Å². The molecule has 0 atom stereocenters. The summed E-state index contributed by atoms with van der Waals surface area (Å²) in [6, 6.07) is 14.2. The summed E-state index contributed by atoms with van der Waals surface area (Å²) < 4.78 is 0. The van der Waals surface area contributed by atoms with E-state index >= 15 is 0 Å². The fourth-order valence-electron chi connectivity index (χ4n) is 2.10. The Morgan fingerprint density at radius 1 is 1.15 bits per heavy atom. The molecule has 106 valence electrons. The number of anilines is 2. The van der Waals surface area contributed by atoms with Crippen LogP contribution in [0.4, 0.5) is 11.5 Å². The van der Waals surface area contributed by atoms with Crippen LogP contribution in [0.15, 0.2) is 48.7 Å². The van der Waals surface area contributed by atoms with Crippen LogP contribution in [0, 0.1) is 0 Å². The Balaban J connectivity index is 1.67. The zero-order valence-electron chi connectivity index (χ0n) is 11.9. The van der Waals surface area contributed by atoms with Crippen molar-refractivity contribution in [3.8, 4) is 0 Å². The van der Waals surface area contributed by atoms with Crippen molar-refractivity contribution in [1.29, 1.82) is 0 Å². The van der Waals surface area contributed by atoms with Crippen LogP contribution in [0.5, 0.6) is 0 Å². The fourth-order valence-corrected chi connectivity index (χ4v) is 2.10. The molecule has 1 aromatic carbocycles. The topological polar surface area (TPSA) is 54.2 Å². The van der Waals surface area contributed by atoms with E-state index in [9.17, 15) is 0 Å². The van der Waals surface area contributed by atoms with E-state index in [-0.39, 0.29) is 0 Å². The van der Waals surface area contributed by atoms with E-state index in [0.29, 0.717) is 5.69 Å². The third-order valence-corrected chi connectivity index (χ3v) is 3.14. The Bertz CT molecular complexity index is 513. The van der Waals surface area contributed by atoms with E-state index in [2.05, 4.69) is 46.5 Å². The largest absolute Gasteiger partial charge is 0.396 e. The normalized spacial score (nSPS) is 10.7. The number of nitrogen functional groups attached to an aromatic ring is 1. The van der Waals surface area contributed by atoms with Gasteiger partial charge in [0.2, 0.25) is 0 Å². The highest BCUT2D eigenvalue weighted by Gasteiger charge is 2.01. The fraction of sp³-hybridized carbons (Fsp3) is 0.312. The van der Waals surface area contributed by atoms with Crippen LogP contribution in [0.1, 0.15) is 12.0 Å². The molecular formula is C16H22N4. The van der Waals surface area contributed by atoms with Crippen LogP contribution >= 0.6 is 0 Å². The third-order valence-electron chi connectivity index (χ3n) is 3.14. The van der Waals surface area contributed by atoms with Gasteiger partial charge in [-0.1, -0.05) is 30.3 Å². The summed E-state index contributed by atoms with van der Waals surface area (Å²) in [7, 11) is 2.14. The van der Waals surface area contributed by atoms with Crippen LogP contribution in [0.25, 0.3) is 0 Å². The zero-order chi connectivity index (χ0) is 14.2. The molecule has 0 unspecified atom stereocenters. The van der Waals surface area contributed by atoms with Crippen molar-refractivity contribution in [2.75, 3.05) is 31.2 Å². The predicted molar refractivity (Wildman–Crippen MR) is 84.5 cm³/mol. The lowest BCUT2D eigenvalue weighted by Crippen LogP contribution is -2.21. The van der Waals surface area contributed by atoms with Gasteiger partial charge in [0.05, 0.1) is 5.69 Å². The number of benzene rings is 1. The first kappa shape index (κ1) is 14.3. The summed E-state index contributed by atoms with van der Waals surface area (Å²) in [5.74, 6) is 0.776. The molecule has 0 amide bonds. The molecule has 3 N–H and O–H groups in total. The molecule has 4 heteroatoms. The summed E-state index contributed by atoms with van der Waals surface area (Å²) in [6.45, 7) is 2.89. The molecule has 1 aromatic heterocycles. The average Bonchev–Trinajstić information content (AvgIpc) is 2.46. The average molecular weight is 270 g/mol. The first-order valence-electron chi connectivity index (χ1n) is 6.92. The highest BCUT2D eigenvalue weighted by atomic mass is 15.1. The molecule has 1 heterocycles. The molecule has 0 bridgehead atoms. The smallest absolute Gasteiger partial charge is 0.149 e. The van der Waals surface area contributed by atoms with Crippen LogP contribution in [-0.4, -0.2) is 30.0 Å². The second-order valence-corrected chi connectivity index (χ2v) is 4.94. The number of aromatic nitrogens is 1. The molecule has 2 aromatic rings. The first-order valence-corrected chi connectivity index (χ1v) is 6.92. The van der Waals surface area contributed by atoms with E-state index < -0.39 is 0 Å². The van der Waals surface area contributed by atoms with Gasteiger partial charge in [-0.05, 0) is 37.7 Å². The molecule has 0 saturated heterocycles. The van der Waals surface area contributed by atoms with Gasteiger partial charge in [0.15, 0.2) is 0 Å². The van der Waals surface area contributed by atoms with Gasteiger partial charge in [0.25, 0.3) is 0 Å². The van der Waals surface area contributed by atoms with Crippen molar-refractivity contribution in [3.05, 3.63) is 54.2 Å². The van der Waals surface area contributed by atoms with Gasteiger partial charge >= 0.3 is 0 Å². The van der Waals surface area contributed by atoms with Crippen molar-refractivity contribution in [3.63, 3.8) is 0 Å². The minimum absolute atomic E-state index is 0.699. The van der Waals surface area contributed by atoms with E-state index in [1.807, 2.05) is 18.2 Å². The highest BCUT2D eigenvalue weighted by molar-refractivity contribution is 5.60. The second-order valence-electron chi connectivity index (χ2n) is 4.94. The van der Waals surface area contributed by atoms with Crippen molar-refractivity contribution in [1.82, 2.24) is 9.88 Å². The molecule has 2 rings (SSSR count). The maximum absolute atomic E-state index is 5.83. The zero-order valence-corrected chi connectivity index (χ0v) is 11.9. The standard InChI is InChI=1S/C16H22N4/c1-20(13-14-7-3-2-4-8-14)12-6-11-19-16-15(17)9-5-10-18-16/h2-5,7-10H,6,11-13,17H2,1H3,(H,18,19).